The molecule has 0 bridgehead atoms. The molecule has 1 aromatic heterocycles. The van der Waals surface area contributed by atoms with Gasteiger partial charge in [0.25, 0.3) is 6.43 Å². The number of nitrogens with zero attached hydrogens (tertiary/aromatic N) is 2. The van der Waals surface area contributed by atoms with Gasteiger partial charge in [-0.2, -0.15) is 13.2 Å². The molecule has 18 heavy (non-hydrogen) atoms. The van der Waals surface area contributed by atoms with Crippen molar-refractivity contribution in [2.45, 2.75) is 12.6 Å². The standard InChI is InChI=1S/C8H5F5N2O3/c1-18-7-5(6(9)10)3(8(11,12)13)2-4(14-7)15(16)17/h2,6H,1H3. The molecular weight excluding hydrogens is 267 g/mol. The second-order valence-corrected chi connectivity index (χ2v) is 3.01. The maximum atomic E-state index is 12.5. The van der Waals surface area contributed by atoms with Crippen molar-refractivity contribution < 1.29 is 31.6 Å². The summed E-state index contributed by atoms with van der Waals surface area (Å²) in [7, 11) is 0.790. The Hall–Kier alpha value is -2.00. The lowest BCUT2D eigenvalue weighted by Crippen LogP contribution is -2.13. The maximum absolute atomic E-state index is 12.5. The van der Waals surface area contributed by atoms with Gasteiger partial charge in [-0.05, 0) is 4.92 Å². The van der Waals surface area contributed by atoms with E-state index in [4.69, 9.17) is 0 Å². The van der Waals surface area contributed by atoms with Gasteiger partial charge in [0, 0.05) is 11.1 Å². The number of hydrogen-bond acceptors (Lipinski definition) is 4. The summed E-state index contributed by atoms with van der Waals surface area (Å²) >= 11 is 0. The molecule has 0 unspecified atom stereocenters. The summed E-state index contributed by atoms with van der Waals surface area (Å²) in [5, 5.41) is 10.4. The van der Waals surface area contributed by atoms with Crippen LogP contribution in [-0.2, 0) is 6.18 Å². The summed E-state index contributed by atoms with van der Waals surface area (Å²) in [5.74, 6) is -2.34. The molecule has 0 aliphatic heterocycles. The first-order valence-corrected chi connectivity index (χ1v) is 4.27. The lowest BCUT2D eigenvalue weighted by atomic mass is 10.1. The molecular formula is C8H5F5N2O3. The molecule has 1 aromatic rings. The Morgan fingerprint density at radius 3 is 2.33 bits per heavy atom. The topological polar surface area (TPSA) is 65.3 Å². The van der Waals surface area contributed by atoms with Gasteiger partial charge in [0.2, 0.25) is 0 Å². The Bertz CT molecular complexity index is 475. The van der Waals surface area contributed by atoms with Crippen molar-refractivity contribution in [1.82, 2.24) is 4.98 Å². The highest BCUT2D eigenvalue weighted by Gasteiger charge is 2.41. The zero-order chi connectivity index (χ0) is 14.1. The van der Waals surface area contributed by atoms with E-state index in [9.17, 15) is 32.1 Å². The van der Waals surface area contributed by atoms with Crippen molar-refractivity contribution in [1.29, 1.82) is 0 Å². The van der Waals surface area contributed by atoms with Gasteiger partial charge in [-0.1, -0.05) is 0 Å². The van der Waals surface area contributed by atoms with E-state index in [0.717, 1.165) is 7.11 Å². The average molecular weight is 272 g/mol. The van der Waals surface area contributed by atoms with E-state index in [1.807, 2.05) is 0 Å². The summed E-state index contributed by atoms with van der Waals surface area (Å²) in [4.78, 5) is 12.1. The first-order chi connectivity index (χ1) is 8.18. The molecule has 10 heteroatoms. The SMILES string of the molecule is COc1nc([N+](=O)[O-])cc(C(F)(F)F)c1C(F)F. The number of rotatable bonds is 3. The molecule has 0 saturated carbocycles. The number of alkyl halides is 5. The van der Waals surface area contributed by atoms with Gasteiger partial charge in [-0.3, -0.25) is 0 Å². The molecule has 0 amide bonds. The highest BCUT2D eigenvalue weighted by Crippen LogP contribution is 2.41. The van der Waals surface area contributed by atoms with Crippen LogP contribution in [0.2, 0.25) is 0 Å². The fourth-order valence-electron chi connectivity index (χ4n) is 1.21. The summed E-state index contributed by atoms with van der Waals surface area (Å²) in [5.41, 5.74) is -3.35. The Morgan fingerprint density at radius 1 is 1.44 bits per heavy atom. The molecule has 0 radical (unpaired) electrons. The Labute approximate surface area is 96.3 Å². The van der Waals surface area contributed by atoms with Crippen LogP contribution in [-0.4, -0.2) is 17.0 Å². The molecule has 0 aromatic carbocycles. The molecule has 0 fully saturated rings. The first-order valence-electron chi connectivity index (χ1n) is 4.27. The maximum Gasteiger partial charge on any atom is 0.417 e. The Kier molecular flexibility index (Phi) is 3.67. The third kappa shape index (κ3) is 2.63. The van der Waals surface area contributed by atoms with Gasteiger partial charge in [0.05, 0.1) is 12.7 Å². The quantitative estimate of drug-likeness (QED) is 0.482. The van der Waals surface area contributed by atoms with E-state index in [-0.39, 0.29) is 6.07 Å². The highest BCUT2D eigenvalue weighted by atomic mass is 19.4. The lowest BCUT2D eigenvalue weighted by molar-refractivity contribution is -0.389. The number of halogens is 5. The fraction of sp³-hybridized carbons (Fsp3) is 0.375. The van der Waals surface area contributed by atoms with Gasteiger partial charge < -0.3 is 14.9 Å². The Balaban J connectivity index is 3.62. The van der Waals surface area contributed by atoms with Crippen molar-refractivity contribution in [3.63, 3.8) is 0 Å². The van der Waals surface area contributed by atoms with Gasteiger partial charge in [0.1, 0.15) is 5.56 Å². The van der Waals surface area contributed by atoms with Crippen LogP contribution in [0.15, 0.2) is 6.07 Å². The first kappa shape index (κ1) is 14.1. The zero-order valence-electron chi connectivity index (χ0n) is 8.66. The van der Waals surface area contributed by atoms with Gasteiger partial charge in [-0.15, -0.1) is 0 Å². The summed E-state index contributed by atoms with van der Waals surface area (Å²) in [6.45, 7) is 0. The number of hydrogen-bond donors (Lipinski definition) is 0. The molecule has 0 N–H and O–H groups in total. The molecule has 0 spiro atoms. The van der Waals surface area contributed by atoms with Crippen LogP contribution < -0.4 is 4.74 Å². The third-order valence-corrected chi connectivity index (χ3v) is 1.91. The normalized spacial score (nSPS) is 11.7. The molecule has 1 rings (SSSR count). The largest absolute Gasteiger partial charge is 0.462 e. The van der Waals surface area contributed by atoms with Crippen LogP contribution in [0.3, 0.4) is 0 Å². The second-order valence-electron chi connectivity index (χ2n) is 3.01. The van der Waals surface area contributed by atoms with E-state index in [1.165, 1.54) is 0 Å². The highest BCUT2D eigenvalue weighted by molar-refractivity contribution is 5.43. The average Bonchev–Trinajstić information content (AvgIpc) is 2.25. The van der Waals surface area contributed by atoms with Crippen LogP contribution >= 0.6 is 0 Å². The third-order valence-electron chi connectivity index (χ3n) is 1.91. The minimum Gasteiger partial charge on any atom is -0.462 e. The van der Waals surface area contributed by atoms with E-state index >= 15 is 0 Å². The minimum absolute atomic E-state index is 0.0516. The smallest absolute Gasteiger partial charge is 0.417 e. The van der Waals surface area contributed by atoms with Gasteiger partial charge in [0.15, 0.2) is 0 Å². The van der Waals surface area contributed by atoms with Crippen molar-refractivity contribution in [3.05, 3.63) is 27.3 Å². The van der Waals surface area contributed by atoms with E-state index < -0.39 is 40.3 Å². The van der Waals surface area contributed by atoms with E-state index in [0.29, 0.717) is 0 Å². The summed E-state index contributed by atoms with van der Waals surface area (Å²) < 4.78 is 66.9. The van der Waals surface area contributed by atoms with E-state index in [1.54, 1.807) is 0 Å². The van der Waals surface area contributed by atoms with Crippen molar-refractivity contribution in [3.8, 4) is 5.88 Å². The number of aromatic nitrogens is 1. The Morgan fingerprint density at radius 2 is 2.00 bits per heavy atom. The predicted octanol–water partition coefficient (Wildman–Crippen LogP) is 2.95. The molecule has 1 heterocycles. The molecule has 0 aliphatic carbocycles. The molecule has 5 nitrogen and oxygen atoms in total. The van der Waals surface area contributed by atoms with Crippen molar-refractivity contribution >= 4 is 5.82 Å². The second kappa shape index (κ2) is 4.70. The van der Waals surface area contributed by atoms with E-state index in [2.05, 4.69) is 9.72 Å². The van der Waals surface area contributed by atoms with Gasteiger partial charge >= 0.3 is 17.9 Å². The van der Waals surface area contributed by atoms with Crippen LogP contribution in [0.5, 0.6) is 5.88 Å². The number of ether oxygens (including phenoxy) is 1. The zero-order valence-corrected chi connectivity index (χ0v) is 8.66. The van der Waals surface area contributed by atoms with Crippen LogP contribution in [0.25, 0.3) is 0 Å². The van der Waals surface area contributed by atoms with Crippen molar-refractivity contribution in [2.24, 2.45) is 0 Å². The molecule has 0 aliphatic rings. The monoisotopic (exact) mass is 272 g/mol. The number of methoxy groups -OCH3 is 1. The van der Waals surface area contributed by atoms with Crippen LogP contribution in [0.4, 0.5) is 27.8 Å². The molecule has 0 saturated heterocycles. The van der Waals surface area contributed by atoms with Crippen LogP contribution in [0.1, 0.15) is 17.6 Å². The lowest BCUT2D eigenvalue weighted by Gasteiger charge is -2.12. The van der Waals surface area contributed by atoms with Crippen LogP contribution in [0, 0.1) is 10.1 Å². The molecule has 100 valence electrons. The summed E-state index contributed by atoms with van der Waals surface area (Å²) in [6.07, 6.45) is -8.70. The summed E-state index contributed by atoms with van der Waals surface area (Å²) in [6, 6.07) is -0.0516. The number of pyridine rings is 1. The molecule has 0 atom stereocenters. The minimum atomic E-state index is -5.17. The fourth-order valence-corrected chi connectivity index (χ4v) is 1.21. The van der Waals surface area contributed by atoms with Crippen molar-refractivity contribution in [2.75, 3.05) is 7.11 Å². The number of nitro groups is 1. The van der Waals surface area contributed by atoms with Gasteiger partial charge in [-0.25, -0.2) is 8.78 Å². The predicted molar refractivity (Wildman–Crippen MR) is 47.4 cm³/mol.